The number of benzene rings is 1. The second-order valence-electron chi connectivity index (χ2n) is 7.93. The van der Waals surface area contributed by atoms with E-state index in [1.807, 2.05) is 12.1 Å². The minimum absolute atomic E-state index is 0.0500. The summed E-state index contributed by atoms with van der Waals surface area (Å²) in [5.41, 5.74) is 1.17. The zero-order valence-electron chi connectivity index (χ0n) is 16.6. The lowest BCUT2D eigenvalue weighted by Gasteiger charge is -2.31. The summed E-state index contributed by atoms with van der Waals surface area (Å²) in [6.45, 7) is 1.56. The number of aromatic nitrogens is 2. The Labute approximate surface area is 173 Å². The van der Waals surface area contributed by atoms with Crippen LogP contribution >= 0.6 is 0 Å². The van der Waals surface area contributed by atoms with Crippen molar-refractivity contribution in [3.63, 3.8) is 0 Å². The van der Waals surface area contributed by atoms with Crippen LogP contribution in [0, 0.1) is 0 Å². The molecule has 0 unspecified atom stereocenters. The van der Waals surface area contributed by atoms with E-state index < -0.39 is 5.91 Å². The lowest BCUT2D eigenvalue weighted by molar-refractivity contribution is 0.0941. The monoisotopic (exact) mass is 405 g/mol. The Balaban J connectivity index is 1.40. The SMILES string of the molecule is O=C(NCC1(c2ccc3c(c2)OCCO3)CCCC1)c1cnc2ccccn2c1=O. The molecule has 2 aromatic heterocycles. The van der Waals surface area contributed by atoms with E-state index in [0.29, 0.717) is 25.4 Å². The van der Waals surface area contributed by atoms with E-state index in [2.05, 4.69) is 16.4 Å². The van der Waals surface area contributed by atoms with Crippen LogP contribution in [0.25, 0.3) is 5.65 Å². The molecule has 1 saturated carbocycles. The Morgan fingerprint density at radius 3 is 2.73 bits per heavy atom. The van der Waals surface area contributed by atoms with Crippen LogP contribution in [0.4, 0.5) is 0 Å². The van der Waals surface area contributed by atoms with Gasteiger partial charge < -0.3 is 14.8 Å². The van der Waals surface area contributed by atoms with Crippen molar-refractivity contribution in [1.29, 1.82) is 0 Å². The van der Waals surface area contributed by atoms with Gasteiger partial charge in [0.1, 0.15) is 24.4 Å². The molecule has 1 N–H and O–H groups in total. The predicted molar refractivity (Wildman–Crippen MR) is 111 cm³/mol. The highest BCUT2D eigenvalue weighted by atomic mass is 16.6. The van der Waals surface area contributed by atoms with Crippen molar-refractivity contribution < 1.29 is 14.3 Å². The van der Waals surface area contributed by atoms with Gasteiger partial charge in [-0.2, -0.15) is 0 Å². The van der Waals surface area contributed by atoms with Crippen molar-refractivity contribution in [2.75, 3.05) is 19.8 Å². The molecule has 0 spiro atoms. The number of pyridine rings is 1. The summed E-state index contributed by atoms with van der Waals surface area (Å²) in [5, 5.41) is 3.00. The quantitative estimate of drug-likeness (QED) is 0.722. The van der Waals surface area contributed by atoms with Gasteiger partial charge in [-0.25, -0.2) is 4.98 Å². The standard InChI is InChI=1S/C23H23N3O4/c27-21(17-14-24-20-5-1-4-10-26(20)22(17)28)25-15-23(8-2-3-9-23)16-6-7-18-19(13-16)30-12-11-29-18/h1,4-7,10,13-14H,2-3,8-9,11-12,15H2,(H,25,27). The number of hydrogen-bond acceptors (Lipinski definition) is 5. The molecule has 3 heterocycles. The molecule has 1 fully saturated rings. The maximum Gasteiger partial charge on any atom is 0.270 e. The summed E-state index contributed by atoms with van der Waals surface area (Å²) >= 11 is 0. The number of fused-ring (bicyclic) bond motifs is 2. The van der Waals surface area contributed by atoms with Gasteiger partial charge in [0.25, 0.3) is 11.5 Å². The Morgan fingerprint density at radius 1 is 1.10 bits per heavy atom. The highest BCUT2D eigenvalue weighted by molar-refractivity contribution is 5.93. The zero-order valence-corrected chi connectivity index (χ0v) is 16.6. The molecule has 1 aliphatic carbocycles. The average molecular weight is 405 g/mol. The third-order valence-electron chi connectivity index (χ3n) is 6.16. The molecule has 30 heavy (non-hydrogen) atoms. The summed E-state index contributed by atoms with van der Waals surface area (Å²) in [6, 6.07) is 11.3. The molecule has 5 rings (SSSR count). The number of carbonyl (C=O) groups excluding carboxylic acids is 1. The highest BCUT2D eigenvalue weighted by Gasteiger charge is 2.37. The molecule has 2 aliphatic rings. The van der Waals surface area contributed by atoms with E-state index in [9.17, 15) is 9.59 Å². The number of nitrogens with one attached hydrogen (secondary N) is 1. The lowest BCUT2D eigenvalue weighted by Crippen LogP contribution is -2.41. The van der Waals surface area contributed by atoms with Crippen molar-refractivity contribution in [1.82, 2.24) is 14.7 Å². The molecule has 0 atom stereocenters. The molecule has 0 saturated heterocycles. The van der Waals surface area contributed by atoms with Crippen LogP contribution in [-0.4, -0.2) is 35.1 Å². The smallest absolute Gasteiger partial charge is 0.270 e. The lowest BCUT2D eigenvalue weighted by atomic mass is 9.78. The number of rotatable bonds is 4. The van der Waals surface area contributed by atoms with Crippen molar-refractivity contribution in [3.8, 4) is 11.5 Å². The normalized spacial score (nSPS) is 17.1. The first kappa shape index (κ1) is 18.7. The molecule has 154 valence electrons. The third-order valence-corrected chi connectivity index (χ3v) is 6.16. The van der Waals surface area contributed by atoms with E-state index in [0.717, 1.165) is 42.7 Å². The minimum Gasteiger partial charge on any atom is -0.486 e. The zero-order chi connectivity index (χ0) is 20.6. The fraction of sp³-hybridized carbons (Fsp3) is 0.348. The summed E-state index contributed by atoms with van der Waals surface area (Å²) < 4.78 is 12.8. The van der Waals surface area contributed by atoms with Crippen molar-refractivity contribution in [2.24, 2.45) is 0 Å². The maximum atomic E-state index is 12.9. The van der Waals surface area contributed by atoms with Gasteiger partial charge in [-0.05, 0) is 42.7 Å². The van der Waals surface area contributed by atoms with Gasteiger partial charge in [-0.1, -0.05) is 25.0 Å². The maximum absolute atomic E-state index is 12.9. The molecule has 7 nitrogen and oxygen atoms in total. The van der Waals surface area contributed by atoms with E-state index in [4.69, 9.17) is 9.47 Å². The second-order valence-corrected chi connectivity index (χ2v) is 7.93. The van der Waals surface area contributed by atoms with Crippen LogP contribution in [0.2, 0.25) is 0 Å². The first-order valence-corrected chi connectivity index (χ1v) is 10.3. The number of nitrogens with zero attached hydrogens (tertiary/aromatic N) is 2. The minimum atomic E-state index is -0.394. The van der Waals surface area contributed by atoms with Crippen molar-refractivity contribution >= 4 is 11.6 Å². The highest BCUT2D eigenvalue weighted by Crippen LogP contribution is 2.43. The number of carbonyl (C=O) groups is 1. The van der Waals surface area contributed by atoms with Gasteiger partial charge in [0.2, 0.25) is 0 Å². The fourth-order valence-corrected chi connectivity index (χ4v) is 4.52. The molecule has 3 aromatic rings. The van der Waals surface area contributed by atoms with Gasteiger partial charge in [-0.15, -0.1) is 0 Å². The molecule has 1 amide bonds. The third kappa shape index (κ3) is 3.20. The Bertz CT molecular complexity index is 1160. The van der Waals surface area contributed by atoms with Crippen LogP contribution in [0.3, 0.4) is 0 Å². The van der Waals surface area contributed by atoms with Crippen LogP contribution < -0.4 is 20.3 Å². The van der Waals surface area contributed by atoms with E-state index in [1.54, 1.807) is 24.4 Å². The van der Waals surface area contributed by atoms with E-state index in [-0.39, 0.29) is 16.5 Å². The second kappa shape index (κ2) is 7.48. The molecule has 7 heteroatoms. The van der Waals surface area contributed by atoms with Gasteiger partial charge in [0, 0.05) is 24.4 Å². The number of hydrogen-bond donors (Lipinski definition) is 1. The summed E-state index contributed by atoms with van der Waals surface area (Å²) in [7, 11) is 0. The summed E-state index contributed by atoms with van der Waals surface area (Å²) in [4.78, 5) is 29.8. The largest absolute Gasteiger partial charge is 0.486 e. The Kier molecular flexibility index (Phi) is 4.65. The van der Waals surface area contributed by atoms with Gasteiger partial charge in [0.05, 0.1) is 0 Å². The van der Waals surface area contributed by atoms with E-state index >= 15 is 0 Å². The van der Waals surface area contributed by atoms with Gasteiger partial charge in [0.15, 0.2) is 11.5 Å². The number of ether oxygens (including phenoxy) is 2. The van der Waals surface area contributed by atoms with Crippen molar-refractivity contribution in [2.45, 2.75) is 31.1 Å². The van der Waals surface area contributed by atoms with Crippen LogP contribution in [0.15, 0.2) is 53.6 Å². The molecular formula is C23H23N3O4. The first-order chi connectivity index (χ1) is 14.7. The Hall–Kier alpha value is -3.35. The predicted octanol–water partition coefficient (Wildman–Crippen LogP) is 2.71. The molecular weight excluding hydrogens is 382 g/mol. The van der Waals surface area contributed by atoms with Gasteiger partial charge in [-0.3, -0.25) is 14.0 Å². The van der Waals surface area contributed by atoms with E-state index in [1.165, 1.54) is 10.6 Å². The topological polar surface area (TPSA) is 81.9 Å². The van der Waals surface area contributed by atoms with Crippen molar-refractivity contribution in [3.05, 3.63) is 70.3 Å². The van der Waals surface area contributed by atoms with Crippen LogP contribution in [0.1, 0.15) is 41.6 Å². The van der Waals surface area contributed by atoms with Crippen LogP contribution in [-0.2, 0) is 5.41 Å². The molecule has 0 bridgehead atoms. The Morgan fingerprint density at radius 2 is 1.90 bits per heavy atom. The van der Waals surface area contributed by atoms with Crippen LogP contribution in [0.5, 0.6) is 11.5 Å². The van der Waals surface area contributed by atoms with Gasteiger partial charge >= 0.3 is 0 Å². The molecule has 1 aromatic carbocycles. The first-order valence-electron chi connectivity index (χ1n) is 10.3. The summed E-state index contributed by atoms with van der Waals surface area (Å²) in [6.07, 6.45) is 7.13. The average Bonchev–Trinajstić information content (AvgIpc) is 3.28. The number of amides is 1. The summed E-state index contributed by atoms with van der Waals surface area (Å²) in [5.74, 6) is 1.13. The molecule has 0 radical (unpaired) electrons. The molecule has 1 aliphatic heterocycles. The fourth-order valence-electron chi connectivity index (χ4n) is 4.52.